The van der Waals surface area contributed by atoms with Crippen LogP contribution in [0.1, 0.15) is 37.0 Å². The number of rotatable bonds is 3. The second-order valence-corrected chi connectivity index (χ2v) is 7.10. The van der Waals surface area contributed by atoms with Crippen LogP contribution >= 0.6 is 0 Å². The Morgan fingerprint density at radius 3 is 2.48 bits per heavy atom. The van der Waals surface area contributed by atoms with E-state index in [0.717, 1.165) is 0 Å². The van der Waals surface area contributed by atoms with Crippen molar-refractivity contribution in [1.29, 1.82) is 0 Å². The quantitative estimate of drug-likeness (QED) is 0.813. The van der Waals surface area contributed by atoms with Gasteiger partial charge in [0.25, 0.3) is 5.91 Å². The van der Waals surface area contributed by atoms with Crippen LogP contribution in [-0.4, -0.2) is 43.4 Å². The monoisotopic (exact) mass is 375 g/mol. The molecule has 10 heteroatoms. The van der Waals surface area contributed by atoms with Crippen LogP contribution in [0, 0.1) is 0 Å². The van der Waals surface area contributed by atoms with E-state index in [0.29, 0.717) is 12.8 Å². The molecule has 0 aromatic heterocycles. The van der Waals surface area contributed by atoms with Gasteiger partial charge in [0.15, 0.2) is 11.5 Å². The lowest BCUT2D eigenvalue weighted by molar-refractivity contribution is -0.286. The summed E-state index contributed by atoms with van der Waals surface area (Å²) in [5, 5.41) is 2.82. The van der Waals surface area contributed by atoms with Gasteiger partial charge in [0.1, 0.15) is 0 Å². The number of alkyl halides is 2. The van der Waals surface area contributed by atoms with Gasteiger partial charge in [0.2, 0.25) is 0 Å². The number of piperidine rings is 1. The van der Waals surface area contributed by atoms with E-state index in [2.05, 4.69) is 14.8 Å². The average Bonchev–Trinajstić information content (AvgIpc) is 2.78. The van der Waals surface area contributed by atoms with Crippen molar-refractivity contribution in [3.05, 3.63) is 23.8 Å². The molecule has 0 bridgehead atoms. The molecule has 2 aliphatic heterocycles. The Bertz CT molecular complexity index is 705. The molecule has 1 amide bonds. The number of carbonyl (C=O) groups is 1. The summed E-state index contributed by atoms with van der Waals surface area (Å²) in [5.74, 6) is -0.770. The Morgan fingerprint density at radius 1 is 1.28 bits per heavy atom. The maximum atomic E-state index is 13.0. The molecule has 7 nitrogen and oxygen atoms in total. The number of hydrogen-bond donors (Lipinski definition) is 1. The molecule has 25 heavy (non-hydrogen) atoms. The molecule has 0 saturated carbocycles. The highest BCUT2D eigenvalue weighted by Crippen LogP contribution is 2.41. The Balaban J connectivity index is 1.67. The number of amides is 1. The minimum atomic E-state index is -3.73. The second kappa shape index (κ2) is 6.50. The molecule has 1 saturated heterocycles. The molecule has 1 fully saturated rings. The molecule has 0 spiro atoms. The van der Waals surface area contributed by atoms with Gasteiger partial charge in [-0.1, -0.05) is 0 Å². The highest BCUT2D eigenvalue weighted by molar-refractivity contribution is 7.76. The molecule has 2 unspecified atom stereocenters. The third-order valence-electron chi connectivity index (χ3n) is 4.29. The Hall–Kier alpha value is -1.78. The van der Waals surface area contributed by atoms with Crippen molar-refractivity contribution in [3.63, 3.8) is 0 Å². The van der Waals surface area contributed by atoms with E-state index >= 15 is 0 Å². The summed E-state index contributed by atoms with van der Waals surface area (Å²) >= 11 is -2.31. The molecule has 0 radical (unpaired) electrons. The largest absolute Gasteiger partial charge is 0.760 e. The predicted molar refractivity (Wildman–Crippen MR) is 82.8 cm³/mol. The van der Waals surface area contributed by atoms with Gasteiger partial charge in [0.05, 0.1) is 0 Å². The number of fused-ring (bicyclic) bond motifs is 1. The normalized spacial score (nSPS) is 29.2. The first-order valence-electron chi connectivity index (χ1n) is 7.75. The third kappa shape index (κ3) is 3.75. The van der Waals surface area contributed by atoms with E-state index in [4.69, 9.17) is 0 Å². The first-order valence-corrected chi connectivity index (χ1v) is 8.78. The Morgan fingerprint density at radius 2 is 1.88 bits per heavy atom. The number of nitrogens with one attached hydrogen (secondary N) is 1. The topological polar surface area (TPSA) is 90.9 Å². The molecule has 2 heterocycles. The van der Waals surface area contributed by atoms with E-state index in [1.165, 1.54) is 22.5 Å². The average molecular weight is 375 g/mol. The zero-order valence-corrected chi connectivity index (χ0v) is 14.3. The van der Waals surface area contributed by atoms with Gasteiger partial charge in [-0.3, -0.25) is 9.00 Å². The maximum Gasteiger partial charge on any atom is 0.586 e. The lowest BCUT2D eigenvalue weighted by Crippen LogP contribution is -2.53. The van der Waals surface area contributed by atoms with Crippen LogP contribution in [0.3, 0.4) is 0 Å². The standard InChI is InChI=1S/C15H18F2N2O5S/c1-8-5-11(6-9(2)19(8)25(21)22)18-14(20)10-3-4-12-13(7-10)24-15(16,17)23-12/h3-4,7-9,11H,5-6H2,1-2H3,(H,18,20)(H,21,22)/p-1/t8-,9+,11?. The van der Waals surface area contributed by atoms with Gasteiger partial charge in [-0.25, -0.2) is 4.31 Å². The molecule has 0 aliphatic carbocycles. The summed E-state index contributed by atoms with van der Waals surface area (Å²) in [6.07, 6.45) is -2.80. The first kappa shape index (κ1) is 18.0. The van der Waals surface area contributed by atoms with E-state index in [9.17, 15) is 22.3 Å². The van der Waals surface area contributed by atoms with Crippen LogP contribution < -0.4 is 14.8 Å². The van der Waals surface area contributed by atoms with Crippen molar-refractivity contribution in [2.75, 3.05) is 0 Å². The molecule has 4 atom stereocenters. The summed E-state index contributed by atoms with van der Waals surface area (Å²) in [6, 6.07) is 3.10. The van der Waals surface area contributed by atoms with Crippen molar-refractivity contribution in [3.8, 4) is 11.5 Å². The molecule has 1 aromatic carbocycles. The minimum absolute atomic E-state index is 0.130. The molecule has 2 aliphatic rings. The van der Waals surface area contributed by atoms with Crippen molar-refractivity contribution in [2.45, 2.75) is 51.1 Å². The molecule has 1 N–H and O–H groups in total. The fraction of sp³-hybridized carbons (Fsp3) is 0.533. The van der Waals surface area contributed by atoms with E-state index in [1.807, 2.05) is 0 Å². The SMILES string of the molecule is C[C@@H]1CC(NC(=O)c2ccc3c(c2)OC(F)(F)O3)C[C@H](C)N1S(=O)[O-]. The van der Waals surface area contributed by atoms with Gasteiger partial charge < -0.3 is 19.3 Å². The van der Waals surface area contributed by atoms with E-state index in [1.54, 1.807) is 13.8 Å². The van der Waals surface area contributed by atoms with Crippen LogP contribution in [0.25, 0.3) is 0 Å². The van der Waals surface area contributed by atoms with Crippen molar-refractivity contribution in [1.82, 2.24) is 9.62 Å². The fourth-order valence-corrected chi connectivity index (χ4v) is 4.09. The number of benzene rings is 1. The smallest absolute Gasteiger partial charge is 0.586 e. The summed E-state index contributed by atoms with van der Waals surface area (Å²) in [5.41, 5.74) is 0.162. The highest BCUT2D eigenvalue weighted by atomic mass is 32.2. The number of carbonyl (C=O) groups excluding carboxylic acids is 1. The van der Waals surface area contributed by atoms with Crippen LogP contribution in [-0.2, 0) is 11.3 Å². The molecule has 1 aromatic rings. The Kier molecular flexibility index (Phi) is 4.69. The summed E-state index contributed by atoms with van der Waals surface area (Å²) in [6.45, 7) is 3.54. The summed E-state index contributed by atoms with van der Waals surface area (Å²) in [4.78, 5) is 12.4. The zero-order valence-electron chi connectivity index (χ0n) is 13.5. The first-order chi connectivity index (χ1) is 11.7. The number of ether oxygens (including phenoxy) is 2. The fourth-order valence-electron chi connectivity index (χ4n) is 3.33. The molecular formula is C15H17F2N2O5S-. The van der Waals surface area contributed by atoms with Crippen LogP contribution in [0.15, 0.2) is 18.2 Å². The maximum absolute atomic E-state index is 13.0. The van der Waals surface area contributed by atoms with Gasteiger partial charge in [-0.05, 0) is 44.9 Å². The lowest BCUT2D eigenvalue weighted by atomic mass is 9.95. The van der Waals surface area contributed by atoms with Crippen molar-refractivity contribution < 1.29 is 31.8 Å². The summed E-state index contributed by atoms with van der Waals surface area (Å²) in [7, 11) is 0. The predicted octanol–water partition coefficient (Wildman–Crippen LogP) is 1.77. The van der Waals surface area contributed by atoms with Crippen LogP contribution in [0.4, 0.5) is 8.78 Å². The lowest BCUT2D eigenvalue weighted by Gasteiger charge is -2.43. The number of nitrogens with zero attached hydrogens (tertiary/aromatic N) is 1. The van der Waals surface area contributed by atoms with E-state index < -0.39 is 23.5 Å². The molecule has 138 valence electrons. The van der Waals surface area contributed by atoms with Gasteiger partial charge in [-0.2, -0.15) is 0 Å². The second-order valence-electron chi connectivity index (χ2n) is 6.25. The number of halogens is 2. The number of hydrogen-bond acceptors (Lipinski definition) is 5. The van der Waals surface area contributed by atoms with Gasteiger partial charge in [0, 0.05) is 35.0 Å². The third-order valence-corrected chi connectivity index (χ3v) is 5.35. The van der Waals surface area contributed by atoms with Gasteiger partial charge >= 0.3 is 6.29 Å². The van der Waals surface area contributed by atoms with E-state index in [-0.39, 0.29) is 35.2 Å². The van der Waals surface area contributed by atoms with Crippen molar-refractivity contribution >= 4 is 17.2 Å². The summed E-state index contributed by atoms with van der Waals surface area (Å²) < 4.78 is 58.5. The minimum Gasteiger partial charge on any atom is -0.760 e. The van der Waals surface area contributed by atoms with Gasteiger partial charge in [-0.15, -0.1) is 8.78 Å². The molecule has 3 rings (SSSR count). The van der Waals surface area contributed by atoms with Crippen molar-refractivity contribution in [2.24, 2.45) is 0 Å². The highest BCUT2D eigenvalue weighted by Gasteiger charge is 2.43. The Labute approximate surface area is 145 Å². The van der Waals surface area contributed by atoms with Crippen LogP contribution in [0.5, 0.6) is 11.5 Å². The zero-order chi connectivity index (χ0) is 18.4. The van der Waals surface area contributed by atoms with Crippen LogP contribution in [0.2, 0.25) is 0 Å². The molecular weight excluding hydrogens is 358 g/mol.